The summed E-state index contributed by atoms with van der Waals surface area (Å²) >= 11 is 4.85. The molecule has 0 aliphatic rings. The first kappa shape index (κ1) is 6.95. The van der Waals surface area contributed by atoms with Crippen LogP contribution in [0.5, 0.6) is 0 Å². The van der Waals surface area contributed by atoms with Gasteiger partial charge in [-0.1, -0.05) is 12.6 Å². The third kappa shape index (κ3) is 1.06. The maximum atomic E-state index is 5.46. The molecular formula is C6H8N3S. The largest absolute Gasteiger partial charge is 0.399 e. The van der Waals surface area contributed by atoms with Crippen molar-refractivity contribution in [3.8, 4) is 0 Å². The Balaban J connectivity index is 3.31. The molecular weight excluding hydrogens is 146 g/mol. The Hall–Kier alpha value is -1.16. The van der Waals surface area contributed by atoms with E-state index in [1.54, 1.807) is 12.1 Å². The second-order valence-electron chi connectivity index (χ2n) is 2.03. The summed E-state index contributed by atoms with van der Waals surface area (Å²) in [7, 11) is 0. The lowest BCUT2D eigenvalue weighted by molar-refractivity contribution is 1.47. The lowest BCUT2D eigenvalue weighted by Crippen LogP contribution is -1.96. The van der Waals surface area contributed by atoms with Crippen LogP contribution in [0.4, 0.5) is 17.1 Å². The van der Waals surface area contributed by atoms with Gasteiger partial charge < -0.3 is 17.2 Å². The number of rotatable bonds is 0. The summed E-state index contributed by atoms with van der Waals surface area (Å²) in [6, 6.07) is 3.19. The van der Waals surface area contributed by atoms with Crippen LogP contribution in [0.25, 0.3) is 0 Å². The summed E-state index contributed by atoms with van der Waals surface area (Å²) < 4.78 is 0. The molecule has 0 fully saturated rings. The number of anilines is 3. The third-order valence-electron chi connectivity index (χ3n) is 1.17. The highest BCUT2D eigenvalue weighted by molar-refractivity contribution is 7.80. The minimum Gasteiger partial charge on any atom is -0.399 e. The van der Waals surface area contributed by atoms with Gasteiger partial charge in [-0.05, 0) is 12.1 Å². The molecule has 0 spiro atoms. The van der Waals surface area contributed by atoms with E-state index >= 15 is 0 Å². The number of nitrogen functional groups attached to an aromatic ring is 3. The van der Waals surface area contributed by atoms with E-state index in [1.165, 1.54) is 0 Å². The summed E-state index contributed by atoms with van der Waals surface area (Å²) in [5, 5.41) is 0. The van der Waals surface area contributed by atoms with Gasteiger partial charge in [-0.15, -0.1) is 0 Å². The molecule has 0 unspecified atom stereocenters. The van der Waals surface area contributed by atoms with E-state index in [2.05, 4.69) is 0 Å². The van der Waals surface area contributed by atoms with E-state index in [1.807, 2.05) is 0 Å². The Bertz CT molecular complexity index is 236. The highest BCUT2D eigenvalue weighted by Crippen LogP contribution is 2.26. The maximum absolute atomic E-state index is 5.46. The normalized spacial score (nSPS) is 9.60. The molecule has 0 aliphatic heterocycles. The molecule has 53 valence electrons. The van der Waals surface area contributed by atoms with Crippen molar-refractivity contribution < 1.29 is 0 Å². The molecule has 0 aromatic heterocycles. The Morgan fingerprint density at radius 3 is 1.80 bits per heavy atom. The van der Waals surface area contributed by atoms with Gasteiger partial charge in [0.05, 0.1) is 16.3 Å². The number of hydrogen-bond donors (Lipinski definition) is 3. The number of benzene rings is 1. The lowest BCUT2D eigenvalue weighted by Gasteiger charge is -2.02. The fourth-order valence-electron chi connectivity index (χ4n) is 0.699. The first-order chi connectivity index (χ1) is 4.61. The molecule has 1 aromatic rings. The zero-order chi connectivity index (χ0) is 7.72. The summed E-state index contributed by atoms with van der Waals surface area (Å²) in [5.41, 5.74) is 17.8. The van der Waals surface area contributed by atoms with Gasteiger partial charge in [0.2, 0.25) is 0 Å². The van der Waals surface area contributed by atoms with E-state index in [4.69, 9.17) is 29.8 Å². The fourth-order valence-corrected chi connectivity index (χ4v) is 0.816. The Kier molecular flexibility index (Phi) is 1.55. The molecule has 0 saturated heterocycles. The SMILES string of the molecule is Nc1cc(N)c([S])c(N)c1. The monoisotopic (exact) mass is 154 g/mol. The molecule has 6 N–H and O–H groups in total. The Labute approximate surface area is 64.6 Å². The summed E-state index contributed by atoms with van der Waals surface area (Å²) in [5.74, 6) is 0. The zero-order valence-corrected chi connectivity index (χ0v) is 6.11. The average molecular weight is 154 g/mol. The first-order valence-electron chi connectivity index (χ1n) is 2.72. The Morgan fingerprint density at radius 1 is 1.00 bits per heavy atom. The fraction of sp³-hybridized carbons (Fsp3) is 0. The summed E-state index contributed by atoms with van der Waals surface area (Å²) in [4.78, 5) is 0.481. The highest BCUT2D eigenvalue weighted by Gasteiger charge is 2.00. The van der Waals surface area contributed by atoms with E-state index in [-0.39, 0.29) is 0 Å². The third-order valence-corrected chi connectivity index (χ3v) is 1.64. The van der Waals surface area contributed by atoms with Crippen LogP contribution in [0.15, 0.2) is 17.0 Å². The smallest absolute Gasteiger partial charge is 0.0837 e. The molecule has 0 saturated carbocycles. The van der Waals surface area contributed by atoms with E-state index in [9.17, 15) is 0 Å². The van der Waals surface area contributed by atoms with Crippen molar-refractivity contribution >= 4 is 29.7 Å². The van der Waals surface area contributed by atoms with Crippen LogP contribution in [0.1, 0.15) is 0 Å². The van der Waals surface area contributed by atoms with Crippen molar-refractivity contribution in [2.24, 2.45) is 0 Å². The van der Waals surface area contributed by atoms with E-state index < -0.39 is 0 Å². The van der Waals surface area contributed by atoms with E-state index in [0.29, 0.717) is 22.0 Å². The molecule has 0 heterocycles. The van der Waals surface area contributed by atoms with Gasteiger partial charge in [-0.3, -0.25) is 0 Å². The van der Waals surface area contributed by atoms with Crippen molar-refractivity contribution in [3.05, 3.63) is 12.1 Å². The summed E-state index contributed by atoms with van der Waals surface area (Å²) in [6.45, 7) is 0. The van der Waals surface area contributed by atoms with Crippen molar-refractivity contribution in [1.82, 2.24) is 0 Å². The quantitative estimate of drug-likeness (QED) is 0.487. The molecule has 1 rings (SSSR count). The van der Waals surface area contributed by atoms with Crippen molar-refractivity contribution in [3.63, 3.8) is 0 Å². The molecule has 0 aliphatic carbocycles. The van der Waals surface area contributed by atoms with Crippen LogP contribution in [-0.2, 0) is 0 Å². The van der Waals surface area contributed by atoms with Gasteiger partial charge in [-0.2, -0.15) is 0 Å². The molecule has 1 radical (unpaired) electrons. The van der Waals surface area contributed by atoms with Gasteiger partial charge >= 0.3 is 0 Å². The van der Waals surface area contributed by atoms with Gasteiger partial charge in [0.15, 0.2) is 0 Å². The van der Waals surface area contributed by atoms with Crippen LogP contribution in [0.3, 0.4) is 0 Å². The maximum Gasteiger partial charge on any atom is 0.0837 e. The molecule has 3 nitrogen and oxygen atoms in total. The first-order valence-corrected chi connectivity index (χ1v) is 3.13. The van der Waals surface area contributed by atoms with Gasteiger partial charge in [0, 0.05) is 5.69 Å². The van der Waals surface area contributed by atoms with Gasteiger partial charge in [0.1, 0.15) is 0 Å². The van der Waals surface area contributed by atoms with Crippen LogP contribution in [-0.4, -0.2) is 0 Å². The molecule has 1 aromatic carbocycles. The lowest BCUT2D eigenvalue weighted by atomic mass is 10.2. The average Bonchev–Trinajstić information content (AvgIpc) is 1.82. The summed E-state index contributed by atoms with van der Waals surface area (Å²) in [6.07, 6.45) is 0. The van der Waals surface area contributed by atoms with Crippen LogP contribution in [0.2, 0.25) is 0 Å². The predicted octanol–water partition coefficient (Wildman–Crippen LogP) is 0.990. The molecule has 0 amide bonds. The van der Waals surface area contributed by atoms with Crippen molar-refractivity contribution in [1.29, 1.82) is 0 Å². The zero-order valence-electron chi connectivity index (χ0n) is 5.29. The van der Waals surface area contributed by atoms with E-state index in [0.717, 1.165) is 0 Å². The predicted molar refractivity (Wildman–Crippen MR) is 45.5 cm³/mol. The Morgan fingerprint density at radius 2 is 1.40 bits per heavy atom. The van der Waals surface area contributed by atoms with Crippen LogP contribution >= 0.6 is 12.6 Å². The molecule has 10 heavy (non-hydrogen) atoms. The van der Waals surface area contributed by atoms with Gasteiger partial charge in [-0.25, -0.2) is 0 Å². The second kappa shape index (κ2) is 2.22. The van der Waals surface area contributed by atoms with Gasteiger partial charge in [0.25, 0.3) is 0 Å². The number of nitrogens with two attached hydrogens (primary N) is 3. The number of hydrogen-bond acceptors (Lipinski definition) is 3. The highest BCUT2D eigenvalue weighted by atomic mass is 32.1. The topological polar surface area (TPSA) is 78.1 Å². The van der Waals surface area contributed by atoms with Crippen molar-refractivity contribution in [2.45, 2.75) is 4.90 Å². The molecule has 0 atom stereocenters. The van der Waals surface area contributed by atoms with Crippen LogP contribution < -0.4 is 17.2 Å². The molecule has 4 heteroatoms. The van der Waals surface area contributed by atoms with Crippen molar-refractivity contribution in [2.75, 3.05) is 17.2 Å². The minimum atomic E-state index is 0.465. The minimum absolute atomic E-state index is 0.465. The molecule has 0 bridgehead atoms. The van der Waals surface area contributed by atoms with Crippen LogP contribution in [0, 0.1) is 0 Å². The second-order valence-corrected chi connectivity index (χ2v) is 2.44. The standard InChI is InChI=1S/C6H8N3S/c7-3-1-4(8)6(10)5(9)2-3/h1-2H,7-9H2.